The van der Waals surface area contributed by atoms with Gasteiger partial charge in [-0.2, -0.15) is 0 Å². The van der Waals surface area contributed by atoms with Gasteiger partial charge in [0.2, 0.25) is 0 Å². The van der Waals surface area contributed by atoms with E-state index in [0.29, 0.717) is 29.9 Å². The zero-order valence-electron chi connectivity index (χ0n) is 16.0. The van der Waals surface area contributed by atoms with Gasteiger partial charge in [-0.05, 0) is 31.0 Å². The van der Waals surface area contributed by atoms with Gasteiger partial charge in [-0.1, -0.05) is 0 Å². The summed E-state index contributed by atoms with van der Waals surface area (Å²) in [4.78, 5) is 14.7. The Labute approximate surface area is 165 Å². The summed E-state index contributed by atoms with van der Waals surface area (Å²) in [6.07, 6.45) is 0.830. The zero-order valence-corrected chi connectivity index (χ0v) is 17.6. The van der Waals surface area contributed by atoms with Crippen molar-refractivity contribution in [3.63, 3.8) is 0 Å². The van der Waals surface area contributed by atoms with Crippen LogP contribution < -0.4 is 9.47 Å². The Balaban J connectivity index is 1.84. The molecule has 0 aliphatic carbocycles. The third-order valence-electron chi connectivity index (χ3n) is 5.39. The fraction of sp³-hybridized carbons (Fsp3) is 0.611. The van der Waals surface area contributed by atoms with E-state index in [1.165, 1.54) is 14.2 Å². The molecule has 0 bridgehead atoms. The Morgan fingerprint density at radius 2 is 1.50 bits per heavy atom. The number of rotatable bonds is 7. The molecule has 2 fully saturated rings. The molecule has 0 radical (unpaired) electrons. The fourth-order valence-electron chi connectivity index (χ4n) is 3.90. The van der Waals surface area contributed by atoms with Gasteiger partial charge < -0.3 is 9.47 Å². The summed E-state index contributed by atoms with van der Waals surface area (Å²) in [5.41, 5.74) is 0.407. The highest BCUT2D eigenvalue weighted by molar-refractivity contribution is 7.92. The number of ether oxygens (including phenoxy) is 2. The molecule has 1 aromatic rings. The van der Waals surface area contributed by atoms with Gasteiger partial charge in [0.15, 0.2) is 37.0 Å². The zero-order chi connectivity index (χ0) is 20.5. The summed E-state index contributed by atoms with van der Waals surface area (Å²) in [5, 5.41) is 0. The average molecular weight is 432 g/mol. The van der Waals surface area contributed by atoms with E-state index in [0.717, 1.165) is 0 Å². The molecule has 0 saturated carbocycles. The van der Waals surface area contributed by atoms with Gasteiger partial charge >= 0.3 is 0 Å². The van der Waals surface area contributed by atoms with Gasteiger partial charge in [0, 0.05) is 17.6 Å². The first-order chi connectivity index (χ1) is 13.1. The standard InChI is InChI=1S/C18H25NO7S2/c1-25-17-4-3-13(9-18(17)26-2)16(20)10-19(14-5-7-27(21,22)11-14)15-6-8-28(23,24)12-15/h3-4,9,14-15H,5-8,10-12H2,1-2H3/t14-,15+. The number of sulfone groups is 2. The molecular weight excluding hydrogens is 406 g/mol. The molecule has 2 atom stereocenters. The van der Waals surface area contributed by atoms with Gasteiger partial charge in [0.05, 0.1) is 43.8 Å². The number of hydrogen-bond acceptors (Lipinski definition) is 8. The highest BCUT2D eigenvalue weighted by Crippen LogP contribution is 2.29. The summed E-state index contributed by atoms with van der Waals surface area (Å²) in [7, 11) is -3.34. The number of ketones is 1. The summed E-state index contributed by atoms with van der Waals surface area (Å²) in [6.45, 7) is -0.0319. The second-order valence-corrected chi connectivity index (χ2v) is 11.7. The molecule has 2 heterocycles. The topological polar surface area (TPSA) is 107 Å². The third kappa shape index (κ3) is 4.66. The molecule has 0 aromatic heterocycles. The lowest BCUT2D eigenvalue weighted by Crippen LogP contribution is -2.47. The normalized spacial score (nSPS) is 25.7. The Bertz CT molecular complexity index is 912. The van der Waals surface area contributed by atoms with Crippen LogP contribution in [-0.4, -0.2) is 83.4 Å². The van der Waals surface area contributed by atoms with E-state index in [4.69, 9.17) is 9.47 Å². The molecule has 0 spiro atoms. The second-order valence-electron chi connectivity index (χ2n) is 7.28. The summed E-state index contributed by atoms with van der Waals surface area (Å²) in [6, 6.07) is 4.16. The van der Waals surface area contributed by atoms with Crippen molar-refractivity contribution in [2.75, 3.05) is 43.8 Å². The van der Waals surface area contributed by atoms with Crippen molar-refractivity contribution >= 4 is 25.5 Å². The van der Waals surface area contributed by atoms with Crippen LogP contribution in [0.3, 0.4) is 0 Å². The van der Waals surface area contributed by atoms with Crippen molar-refractivity contribution in [3.05, 3.63) is 23.8 Å². The predicted molar refractivity (Wildman–Crippen MR) is 105 cm³/mol. The number of Topliss-reactive ketones (excluding diaryl/α,β-unsaturated/α-hetero) is 1. The van der Waals surface area contributed by atoms with Crippen molar-refractivity contribution in [2.45, 2.75) is 24.9 Å². The maximum absolute atomic E-state index is 12.9. The quantitative estimate of drug-likeness (QED) is 0.577. The van der Waals surface area contributed by atoms with Crippen molar-refractivity contribution in [3.8, 4) is 11.5 Å². The van der Waals surface area contributed by atoms with Crippen LogP contribution in [0.2, 0.25) is 0 Å². The largest absolute Gasteiger partial charge is 0.493 e. The highest BCUT2D eigenvalue weighted by Gasteiger charge is 2.40. The van der Waals surface area contributed by atoms with Crippen molar-refractivity contribution in [1.29, 1.82) is 0 Å². The Kier molecular flexibility index (Phi) is 6.02. The molecule has 156 valence electrons. The SMILES string of the molecule is COc1ccc(C(=O)CN([C@@H]2CCS(=O)(=O)C2)[C@H]2CCS(=O)(=O)C2)cc1OC. The van der Waals surface area contributed by atoms with Crippen molar-refractivity contribution < 1.29 is 31.1 Å². The van der Waals surface area contributed by atoms with Gasteiger partial charge in [0.25, 0.3) is 0 Å². The first-order valence-electron chi connectivity index (χ1n) is 9.06. The minimum atomic E-state index is -3.16. The molecule has 0 amide bonds. The second kappa shape index (κ2) is 8.00. The molecule has 2 aliphatic heterocycles. The van der Waals surface area contributed by atoms with Crippen LogP contribution in [0.4, 0.5) is 0 Å². The van der Waals surface area contributed by atoms with Gasteiger partial charge in [-0.25, -0.2) is 16.8 Å². The van der Waals surface area contributed by atoms with Gasteiger partial charge in [-0.15, -0.1) is 0 Å². The van der Waals surface area contributed by atoms with Gasteiger partial charge in [0.1, 0.15) is 0 Å². The molecule has 2 aliphatic rings. The van der Waals surface area contributed by atoms with Crippen LogP contribution in [0.15, 0.2) is 18.2 Å². The van der Waals surface area contributed by atoms with E-state index in [-0.39, 0.29) is 47.4 Å². The van der Waals surface area contributed by atoms with E-state index in [9.17, 15) is 21.6 Å². The number of methoxy groups -OCH3 is 2. The van der Waals surface area contributed by atoms with Crippen LogP contribution in [0, 0.1) is 0 Å². The summed E-state index contributed by atoms with van der Waals surface area (Å²) < 4.78 is 58.2. The molecule has 0 N–H and O–H groups in total. The summed E-state index contributed by atoms with van der Waals surface area (Å²) in [5.74, 6) is 0.767. The molecule has 10 heteroatoms. The summed E-state index contributed by atoms with van der Waals surface area (Å²) >= 11 is 0. The van der Waals surface area contributed by atoms with E-state index in [1.807, 2.05) is 0 Å². The number of carbonyl (C=O) groups is 1. The van der Waals surface area contributed by atoms with Crippen LogP contribution in [0.25, 0.3) is 0 Å². The van der Waals surface area contributed by atoms with Crippen LogP contribution in [0.1, 0.15) is 23.2 Å². The Morgan fingerprint density at radius 3 is 1.93 bits per heavy atom. The Hall–Kier alpha value is -1.65. The first-order valence-corrected chi connectivity index (χ1v) is 12.7. The van der Waals surface area contributed by atoms with Gasteiger partial charge in [-0.3, -0.25) is 9.69 Å². The molecule has 1 aromatic carbocycles. The monoisotopic (exact) mass is 431 g/mol. The minimum absolute atomic E-state index is 0.0319. The number of nitrogens with zero attached hydrogens (tertiary/aromatic N) is 1. The minimum Gasteiger partial charge on any atom is -0.493 e. The Morgan fingerprint density at radius 1 is 0.964 bits per heavy atom. The fourth-order valence-corrected chi connectivity index (χ4v) is 7.38. The molecule has 28 heavy (non-hydrogen) atoms. The molecule has 2 saturated heterocycles. The lowest BCUT2D eigenvalue weighted by molar-refractivity contribution is 0.0850. The molecule has 3 rings (SSSR count). The molecular formula is C18H25NO7S2. The van der Waals surface area contributed by atoms with Crippen LogP contribution >= 0.6 is 0 Å². The van der Waals surface area contributed by atoms with E-state index < -0.39 is 19.7 Å². The van der Waals surface area contributed by atoms with E-state index in [1.54, 1.807) is 23.1 Å². The first kappa shape index (κ1) is 21.1. The third-order valence-corrected chi connectivity index (χ3v) is 8.89. The maximum atomic E-state index is 12.9. The van der Waals surface area contributed by atoms with Crippen LogP contribution in [0.5, 0.6) is 11.5 Å². The number of hydrogen-bond donors (Lipinski definition) is 0. The number of benzene rings is 1. The van der Waals surface area contributed by atoms with Crippen molar-refractivity contribution in [2.24, 2.45) is 0 Å². The van der Waals surface area contributed by atoms with E-state index in [2.05, 4.69) is 0 Å². The predicted octanol–water partition coefficient (Wildman–Crippen LogP) is 0.563. The highest BCUT2D eigenvalue weighted by atomic mass is 32.2. The lowest BCUT2D eigenvalue weighted by atomic mass is 10.1. The van der Waals surface area contributed by atoms with E-state index >= 15 is 0 Å². The molecule has 0 unspecified atom stereocenters. The number of carbonyl (C=O) groups excluding carboxylic acids is 1. The molecule has 8 nitrogen and oxygen atoms in total. The lowest BCUT2D eigenvalue weighted by Gasteiger charge is -2.32. The smallest absolute Gasteiger partial charge is 0.176 e. The van der Waals surface area contributed by atoms with Crippen LogP contribution in [-0.2, 0) is 19.7 Å². The van der Waals surface area contributed by atoms with Crippen molar-refractivity contribution in [1.82, 2.24) is 4.90 Å². The average Bonchev–Trinajstić information content (AvgIpc) is 3.19. The maximum Gasteiger partial charge on any atom is 0.176 e.